The number of hydrazine groups is 1. The van der Waals surface area contributed by atoms with Crippen LogP contribution in [-0.2, 0) is 14.1 Å². The summed E-state index contributed by atoms with van der Waals surface area (Å²) in [5.41, 5.74) is 6.58. The van der Waals surface area contributed by atoms with E-state index in [1.54, 1.807) is 50.5 Å². The van der Waals surface area contributed by atoms with Crippen LogP contribution in [0.25, 0.3) is 21.8 Å². The van der Waals surface area contributed by atoms with Crippen LogP contribution < -0.4 is 22.0 Å². The zero-order chi connectivity index (χ0) is 18.3. The van der Waals surface area contributed by atoms with E-state index in [9.17, 15) is 9.59 Å². The predicted octanol–water partition coefficient (Wildman–Crippen LogP) is 1.62. The summed E-state index contributed by atoms with van der Waals surface area (Å²) in [6.07, 6.45) is 0. The van der Waals surface area contributed by atoms with Crippen molar-refractivity contribution in [2.75, 3.05) is 10.9 Å². The first kappa shape index (κ1) is 15.8. The maximum atomic E-state index is 12.4. The molecule has 4 aromatic rings. The van der Waals surface area contributed by atoms with Gasteiger partial charge in [0.2, 0.25) is 11.9 Å². The lowest BCUT2D eigenvalue weighted by molar-refractivity contribution is 0.829. The highest BCUT2D eigenvalue weighted by Gasteiger charge is 2.10. The Morgan fingerprint density at radius 2 is 1.08 bits per heavy atom. The molecule has 0 atom stereocenters. The predicted molar refractivity (Wildman–Crippen MR) is 101 cm³/mol. The zero-order valence-electron chi connectivity index (χ0n) is 14.2. The van der Waals surface area contributed by atoms with Crippen molar-refractivity contribution in [3.05, 3.63) is 69.2 Å². The van der Waals surface area contributed by atoms with Crippen molar-refractivity contribution >= 4 is 33.7 Å². The van der Waals surface area contributed by atoms with E-state index in [4.69, 9.17) is 0 Å². The fourth-order valence-electron chi connectivity index (χ4n) is 2.77. The normalized spacial score (nSPS) is 11.0. The quantitative estimate of drug-likeness (QED) is 0.547. The fraction of sp³-hybridized carbons (Fsp3) is 0.111. The lowest BCUT2D eigenvalue weighted by atomic mass is 10.2. The Bertz CT molecular complexity index is 1160. The van der Waals surface area contributed by atoms with Crippen LogP contribution in [0.5, 0.6) is 0 Å². The molecule has 2 aromatic heterocycles. The molecule has 26 heavy (non-hydrogen) atoms. The number of hydrogen-bond donors (Lipinski definition) is 2. The summed E-state index contributed by atoms with van der Waals surface area (Å²) >= 11 is 0. The van der Waals surface area contributed by atoms with Crippen LogP contribution >= 0.6 is 0 Å². The first-order valence-corrected chi connectivity index (χ1v) is 8.00. The molecule has 0 aliphatic heterocycles. The van der Waals surface area contributed by atoms with E-state index < -0.39 is 0 Å². The molecule has 0 saturated heterocycles. The Morgan fingerprint density at radius 3 is 1.50 bits per heavy atom. The summed E-state index contributed by atoms with van der Waals surface area (Å²) in [6, 6.07) is 14.2. The third-order valence-corrected chi connectivity index (χ3v) is 4.25. The summed E-state index contributed by atoms with van der Waals surface area (Å²) in [5.74, 6) is 0.632. The van der Waals surface area contributed by atoms with Gasteiger partial charge in [0.15, 0.2) is 0 Å². The summed E-state index contributed by atoms with van der Waals surface area (Å²) in [4.78, 5) is 33.8. The maximum absolute atomic E-state index is 12.4. The number of anilines is 2. The van der Waals surface area contributed by atoms with Crippen molar-refractivity contribution < 1.29 is 0 Å². The van der Waals surface area contributed by atoms with Crippen molar-refractivity contribution in [2.24, 2.45) is 14.1 Å². The van der Waals surface area contributed by atoms with Gasteiger partial charge in [0.25, 0.3) is 11.1 Å². The average Bonchev–Trinajstić information content (AvgIpc) is 2.67. The van der Waals surface area contributed by atoms with Crippen LogP contribution in [0.4, 0.5) is 11.9 Å². The lowest BCUT2D eigenvalue weighted by Gasteiger charge is -2.14. The Labute approximate surface area is 147 Å². The van der Waals surface area contributed by atoms with Crippen LogP contribution in [0.1, 0.15) is 0 Å². The number of nitrogens with zero attached hydrogens (tertiary/aromatic N) is 4. The van der Waals surface area contributed by atoms with Gasteiger partial charge in [0, 0.05) is 14.1 Å². The van der Waals surface area contributed by atoms with Gasteiger partial charge in [-0.3, -0.25) is 29.6 Å². The van der Waals surface area contributed by atoms with Gasteiger partial charge >= 0.3 is 0 Å². The highest BCUT2D eigenvalue weighted by Crippen LogP contribution is 2.12. The summed E-state index contributed by atoms with van der Waals surface area (Å²) in [5, 5.41) is 1.08. The highest BCUT2D eigenvalue weighted by atomic mass is 16.1. The zero-order valence-corrected chi connectivity index (χ0v) is 14.2. The number of benzene rings is 2. The molecule has 2 aromatic carbocycles. The molecule has 8 heteroatoms. The van der Waals surface area contributed by atoms with Gasteiger partial charge in [0.1, 0.15) is 0 Å². The molecule has 0 aliphatic carbocycles. The van der Waals surface area contributed by atoms with Gasteiger partial charge in [-0.1, -0.05) is 24.3 Å². The minimum absolute atomic E-state index is 0.166. The SMILES string of the molecule is Cn1c(NNc2nc3ccccc3c(=O)n2C)nc2ccccc2c1=O. The Hall–Kier alpha value is -3.68. The summed E-state index contributed by atoms with van der Waals surface area (Å²) < 4.78 is 2.79. The minimum Gasteiger partial charge on any atom is -0.280 e. The molecule has 2 heterocycles. The standard InChI is InChI=1S/C18H16N6O2/c1-23-15(25)11-7-3-5-9-13(11)19-17(23)21-22-18-20-14-10-6-4-8-12(14)16(26)24(18)2/h3-10H,1-2H3,(H,19,21)(H,20,22). The number of fused-ring (bicyclic) bond motifs is 2. The van der Waals surface area contributed by atoms with E-state index in [0.717, 1.165) is 0 Å². The number of aromatic nitrogens is 4. The molecule has 0 aliphatic rings. The molecular formula is C18H16N6O2. The van der Waals surface area contributed by atoms with Crippen LogP contribution in [0.15, 0.2) is 58.1 Å². The number of para-hydroxylation sites is 2. The van der Waals surface area contributed by atoms with Crippen molar-refractivity contribution in [3.8, 4) is 0 Å². The van der Waals surface area contributed by atoms with Crippen LogP contribution in [0.3, 0.4) is 0 Å². The molecule has 0 spiro atoms. The molecule has 0 bridgehead atoms. The second-order valence-electron chi connectivity index (χ2n) is 5.88. The molecule has 0 radical (unpaired) electrons. The molecule has 2 N–H and O–H groups in total. The van der Waals surface area contributed by atoms with E-state index in [2.05, 4.69) is 20.8 Å². The largest absolute Gasteiger partial charge is 0.280 e. The van der Waals surface area contributed by atoms with Crippen LogP contribution in [0, 0.1) is 0 Å². The highest BCUT2D eigenvalue weighted by molar-refractivity contribution is 5.79. The molecular weight excluding hydrogens is 332 g/mol. The van der Waals surface area contributed by atoms with Crippen LogP contribution in [0.2, 0.25) is 0 Å². The van der Waals surface area contributed by atoms with E-state index in [1.165, 1.54) is 9.13 Å². The molecule has 0 saturated carbocycles. The van der Waals surface area contributed by atoms with E-state index in [0.29, 0.717) is 33.7 Å². The fourth-order valence-corrected chi connectivity index (χ4v) is 2.77. The van der Waals surface area contributed by atoms with Gasteiger partial charge in [-0.25, -0.2) is 9.97 Å². The first-order valence-electron chi connectivity index (χ1n) is 8.00. The number of hydrogen-bond acceptors (Lipinski definition) is 6. The van der Waals surface area contributed by atoms with E-state index >= 15 is 0 Å². The summed E-state index contributed by atoms with van der Waals surface area (Å²) in [7, 11) is 3.25. The first-order chi connectivity index (χ1) is 12.6. The van der Waals surface area contributed by atoms with Gasteiger partial charge in [-0.05, 0) is 24.3 Å². The van der Waals surface area contributed by atoms with Gasteiger partial charge in [-0.15, -0.1) is 0 Å². The van der Waals surface area contributed by atoms with Crippen molar-refractivity contribution in [2.45, 2.75) is 0 Å². The topological polar surface area (TPSA) is 93.8 Å². The average molecular weight is 348 g/mol. The lowest BCUT2D eigenvalue weighted by Crippen LogP contribution is -2.28. The Kier molecular flexibility index (Phi) is 3.65. The van der Waals surface area contributed by atoms with Crippen molar-refractivity contribution in [1.82, 2.24) is 19.1 Å². The second-order valence-corrected chi connectivity index (χ2v) is 5.88. The molecule has 0 amide bonds. The van der Waals surface area contributed by atoms with Crippen LogP contribution in [-0.4, -0.2) is 19.1 Å². The van der Waals surface area contributed by atoms with E-state index in [1.807, 2.05) is 12.1 Å². The molecule has 4 rings (SSSR count). The van der Waals surface area contributed by atoms with Gasteiger partial charge in [0.05, 0.1) is 21.8 Å². The monoisotopic (exact) mass is 348 g/mol. The molecule has 8 nitrogen and oxygen atoms in total. The maximum Gasteiger partial charge on any atom is 0.262 e. The number of rotatable bonds is 3. The third kappa shape index (κ3) is 2.48. The Balaban J connectivity index is 1.74. The second kappa shape index (κ2) is 5.99. The molecule has 0 fully saturated rings. The minimum atomic E-state index is -0.166. The van der Waals surface area contributed by atoms with Gasteiger partial charge in [-0.2, -0.15) is 0 Å². The third-order valence-electron chi connectivity index (χ3n) is 4.25. The van der Waals surface area contributed by atoms with Crippen molar-refractivity contribution in [3.63, 3.8) is 0 Å². The molecule has 130 valence electrons. The van der Waals surface area contributed by atoms with Crippen molar-refractivity contribution in [1.29, 1.82) is 0 Å². The summed E-state index contributed by atoms with van der Waals surface area (Å²) in [6.45, 7) is 0. The molecule has 0 unspecified atom stereocenters. The van der Waals surface area contributed by atoms with E-state index in [-0.39, 0.29) is 11.1 Å². The smallest absolute Gasteiger partial charge is 0.262 e. The van der Waals surface area contributed by atoms with Gasteiger partial charge < -0.3 is 0 Å². The number of nitrogens with one attached hydrogen (secondary N) is 2. The Morgan fingerprint density at radius 1 is 0.692 bits per heavy atom.